The molecule has 66 heavy (non-hydrogen) atoms. The van der Waals surface area contributed by atoms with Crippen molar-refractivity contribution < 1.29 is 58.5 Å². The molecule has 0 saturated carbocycles. The molecule has 0 spiro atoms. The predicted octanol–water partition coefficient (Wildman–Crippen LogP) is -5.64. The number of aromatic amines is 1. The summed E-state index contributed by atoms with van der Waals surface area (Å²) >= 11 is 0. The summed E-state index contributed by atoms with van der Waals surface area (Å²) in [6, 6.07) is -5.13. The highest BCUT2D eigenvalue weighted by atomic mass is 16.3. The SMILES string of the molecule is CC[C@H](C)[C@H](NC(=O)[C@H](Cc1ccc(O)cc1)NC(=O)[C@H](CC(N)=O)NC(=O)[C@H](CCCNC(=N)N)NC(=O)[C@@H](NC(=O)[C@H](CO)NC(C)=O)[C@@H](C)O)C(=O)N[C@@H](Cc1c[nH]cn1)C(N)=O. The number of aliphatic hydroxyl groups is 2. The summed E-state index contributed by atoms with van der Waals surface area (Å²) in [5, 5.41) is 56.6. The Balaban J connectivity index is 2.46. The number of aromatic nitrogens is 2. The number of hydrogen-bond donors (Lipinski definition) is 16. The van der Waals surface area contributed by atoms with Crippen molar-refractivity contribution in [2.45, 2.75) is 115 Å². The first kappa shape index (κ1) is 54.8. The number of nitrogens with two attached hydrogens (primary N) is 3. The van der Waals surface area contributed by atoms with Gasteiger partial charge in [-0.15, -0.1) is 0 Å². The molecule has 0 aliphatic heterocycles. The topological polar surface area (TPSA) is 441 Å². The van der Waals surface area contributed by atoms with Crippen molar-refractivity contribution in [1.82, 2.24) is 52.5 Å². The van der Waals surface area contributed by atoms with Crippen molar-refractivity contribution >= 4 is 59.1 Å². The third kappa shape index (κ3) is 18.8. The normalized spacial score (nSPS) is 15.0. The van der Waals surface area contributed by atoms with E-state index >= 15 is 0 Å². The van der Waals surface area contributed by atoms with E-state index in [1.165, 1.54) is 36.8 Å². The van der Waals surface area contributed by atoms with Gasteiger partial charge in [0.05, 0.1) is 31.2 Å². The minimum atomic E-state index is -1.80. The van der Waals surface area contributed by atoms with Gasteiger partial charge in [-0.25, -0.2) is 4.98 Å². The fourth-order valence-electron chi connectivity index (χ4n) is 6.24. The van der Waals surface area contributed by atoms with E-state index in [1.807, 2.05) is 0 Å². The summed E-state index contributed by atoms with van der Waals surface area (Å²) in [6.45, 7) is 4.77. The fraction of sp³-hybridized carbons (Fsp3) is 0.525. The number of aromatic hydroxyl groups is 1. The monoisotopic (exact) mass is 930 g/mol. The molecular weight excluding hydrogens is 869 g/mol. The number of carbonyl (C=O) groups excluding carboxylic acids is 9. The molecule has 0 aliphatic carbocycles. The second kappa shape index (κ2) is 27.1. The first-order valence-corrected chi connectivity index (χ1v) is 20.9. The van der Waals surface area contributed by atoms with E-state index in [1.54, 1.807) is 13.8 Å². The summed E-state index contributed by atoms with van der Waals surface area (Å²) in [7, 11) is 0. The smallest absolute Gasteiger partial charge is 0.245 e. The molecule has 0 bridgehead atoms. The molecule has 9 amide bonds. The lowest BCUT2D eigenvalue weighted by Gasteiger charge is -2.29. The van der Waals surface area contributed by atoms with Crippen LogP contribution in [0.4, 0.5) is 0 Å². The molecule has 19 N–H and O–H groups in total. The van der Waals surface area contributed by atoms with Crippen LogP contribution < -0.4 is 59.7 Å². The maximum absolute atomic E-state index is 14.2. The number of nitrogens with zero attached hydrogens (tertiary/aromatic N) is 1. The number of benzene rings is 1. The molecular formula is C40H62N14O12. The quantitative estimate of drug-likeness (QED) is 0.0215. The van der Waals surface area contributed by atoms with Crippen molar-refractivity contribution in [2.75, 3.05) is 13.2 Å². The van der Waals surface area contributed by atoms with Gasteiger partial charge < -0.3 is 80.0 Å². The summed E-state index contributed by atoms with van der Waals surface area (Å²) in [6.07, 6.45) is 0.292. The number of hydrogen-bond acceptors (Lipinski definition) is 14. The zero-order chi connectivity index (χ0) is 49.7. The van der Waals surface area contributed by atoms with Gasteiger partial charge in [-0.2, -0.15) is 0 Å². The van der Waals surface area contributed by atoms with Gasteiger partial charge >= 0.3 is 0 Å². The zero-order valence-electron chi connectivity index (χ0n) is 37.0. The van der Waals surface area contributed by atoms with E-state index in [9.17, 15) is 58.5 Å². The summed E-state index contributed by atoms with van der Waals surface area (Å²) in [5.41, 5.74) is 17.2. The number of phenols is 1. The molecule has 26 nitrogen and oxygen atoms in total. The highest BCUT2D eigenvalue weighted by Gasteiger charge is 2.36. The van der Waals surface area contributed by atoms with Gasteiger partial charge in [-0.05, 0) is 43.4 Å². The Labute approximate surface area is 379 Å². The molecule has 26 heteroatoms. The summed E-state index contributed by atoms with van der Waals surface area (Å²) < 4.78 is 0. The van der Waals surface area contributed by atoms with Crippen molar-refractivity contribution in [2.24, 2.45) is 23.1 Å². The number of rotatable bonds is 28. The average molecular weight is 931 g/mol. The number of H-pyrrole nitrogens is 1. The van der Waals surface area contributed by atoms with Gasteiger partial charge in [0, 0.05) is 32.5 Å². The number of guanidine groups is 1. The van der Waals surface area contributed by atoms with E-state index in [4.69, 9.17) is 22.6 Å². The molecule has 9 atom stereocenters. The molecule has 1 heterocycles. The molecule has 1 aromatic carbocycles. The first-order chi connectivity index (χ1) is 31.1. The second-order valence-corrected chi connectivity index (χ2v) is 15.5. The van der Waals surface area contributed by atoms with Crippen LogP contribution in [0.5, 0.6) is 5.75 Å². The zero-order valence-corrected chi connectivity index (χ0v) is 37.0. The van der Waals surface area contributed by atoms with Crippen molar-refractivity contribution in [3.05, 3.63) is 48.0 Å². The minimum absolute atomic E-state index is 0.0165. The van der Waals surface area contributed by atoms with Crippen LogP contribution in [0.15, 0.2) is 36.8 Å². The molecule has 0 unspecified atom stereocenters. The molecule has 2 aromatic rings. The molecule has 364 valence electrons. The lowest BCUT2D eigenvalue weighted by Crippen LogP contribution is -2.62. The average Bonchev–Trinajstić information content (AvgIpc) is 3.77. The Kier molecular flexibility index (Phi) is 22.5. The Bertz CT molecular complexity index is 2000. The predicted molar refractivity (Wildman–Crippen MR) is 234 cm³/mol. The maximum Gasteiger partial charge on any atom is 0.245 e. The molecule has 0 fully saturated rings. The van der Waals surface area contributed by atoms with Gasteiger partial charge in [0.25, 0.3) is 0 Å². The second-order valence-electron chi connectivity index (χ2n) is 15.5. The van der Waals surface area contributed by atoms with E-state index in [-0.39, 0.29) is 38.0 Å². The Hall–Kier alpha value is -7.35. The molecule has 0 radical (unpaired) electrons. The van der Waals surface area contributed by atoms with E-state index in [0.717, 1.165) is 13.8 Å². The number of carbonyl (C=O) groups is 9. The highest BCUT2D eigenvalue weighted by Crippen LogP contribution is 2.14. The first-order valence-electron chi connectivity index (χ1n) is 20.9. The van der Waals surface area contributed by atoms with Crippen LogP contribution in [0.3, 0.4) is 0 Å². The lowest BCUT2D eigenvalue weighted by molar-refractivity contribution is -0.137. The standard InChI is InChI=1S/C40H62N14O12/c1-5-19(2)31(38(65)50-26(33(42)60)14-23-16-45-18-47-23)53-36(63)27(13-22-8-10-24(58)11-9-22)51-35(62)28(15-30(41)59)52-34(61)25(7-6-12-46-40(43)44)49-39(66)32(20(3)56)54-37(64)29(17-55)48-21(4)57/h8-11,16,18-20,25-29,31-32,55-56,58H,5-7,12-15,17H2,1-4H3,(H2,41,59)(H2,42,60)(H,45,47)(H,48,57)(H,49,66)(H,50,65)(H,51,62)(H,52,61)(H,53,63)(H,54,64)(H4,43,44,46)/t19-,20+,25-,26-,27-,28-,29-,31-,32-/m0/s1. The largest absolute Gasteiger partial charge is 0.508 e. The van der Waals surface area contributed by atoms with Gasteiger partial charge in [0.1, 0.15) is 48.0 Å². The Morgan fingerprint density at radius 1 is 0.727 bits per heavy atom. The maximum atomic E-state index is 14.2. The van der Waals surface area contributed by atoms with E-state index in [0.29, 0.717) is 17.7 Å². The number of phenolic OH excluding ortho intramolecular Hbond substituents is 1. The van der Waals surface area contributed by atoms with Crippen LogP contribution >= 0.6 is 0 Å². The van der Waals surface area contributed by atoms with Crippen LogP contribution in [0.25, 0.3) is 0 Å². The van der Waals surface area contributed by atoms with Crippen LogP contribution in [0, 0.1) is 11.3 Å². The van der Waals surface area contributed by atoms with Gasteiger partial charge in [0.2, 0.25) is 53.2 Å². The van der Waals surface area contributed by atoms with Gasteiger partial charge in [-0.3, -0.25) is 48.6 Å². The highest BCUT2D eigenvalue weighted by molar-refractivity contribution is 5.99. The Morgan fingerprint density at radius 3 is 1.80 bits per heavy atom. The third-order valence-electron chi connectivity index (χ3n) is 10.0. The van der Waals surface area contributed by atoms with Crippen molar-refractivity contribution in [1.29, 1.82) is 5.41 Å². The van der Waals surface area contributed by atoms with Crippen LogP contribution in [-0.2, 0) is 56.0 Å². The van der Waals surface area contributed by atoms with Gasteiger partial charge in [0.15, 0.2) is 5.96 Å². The molecule has 2 rings (SSSR count). The minimum Gasteiger partial charge on any atom is -0.508 e. The van der Waals surface area contributed by atoms with Crippen LogP contribution in [0.2, 0.25) is 0 Å². The number of nitrogens with one attached hydrogen (secondary N) is 10. The van der Waals surface area contributed by atoms with Crippen LogP contribution in [0.1, 0.15) is 64.6 Å². The van der Waals surface area contributed by atoms with Crippen LogP contribution in [-0.4, -0.2) is 146 Å². The molecule has 1 aromatic heterocycles. The third-order valence-corrected chi connectivity index (χ3v) is 10.0. The number of aliphatic hydroxyl groups excluding tert-OH is 2. The number of imidazole rings is 1. The summed E-state index contributed by atoms with van der Waals surface area (Å²) in [4.78, 5) is 125. The number of amides is 9. The Morgan fingerprint density at radius 2 is 1.27 bits per heavy atom. The van der Waals surface area contributed by atoms with Crippen molar-refractivity contribution in [3.8, 4) is 5.75 Å². The number of primary amides is 2. The molecule has 0 saturated heterocycles. The van der Waals surface area contributed by atoms with Crippen molar-refractivity contribution in [3.63, 3.8) is 0 Å². The lowest BCUT2D eigenvalue weighted by atomic mass is 9.96. The van der Waals surface area contributed by atoms with Gasteiger partial charge in [-0.1, -0.05) is 32.4 Å². The molecule has 0 aliphatic rings. The summed E-state index contributed by atoms with van der Waals surface area (Å²) in [5.74, 6) is -9.79. The van der Waals surface area contributed by atoms with E-state index < -0.39 is 126 Å². The fourth-order valence-corrected chi connectivity index (χ4v) is 6.24. The van der Waals surface area contributed by atoms with E-state index in [2.05, 4.69) is 52.5 Å².